The number of likely N-dealkylation sites (N-methyl/N-ethyl adjacent to an activating group) is 1. The van der Waals surface area contributed by atoms with Crippen molar-refractivity contribution in [3.63, 3.8) is 0 Å². The Hall–Kier alpha value is -2.37. The van der Waals surface area contributed by atoms with Crippen LogP contribution >= 0.6 is 0 Å². The Morgan fingerprint density at radius 2 is 1.86 bits per heavy atom. The van der Waals surface area contributed by atoms with Gasteiger partial charge in [-0.15, -0.1) is 0 Å². The average Bonchev–Trinajstić information content (AvgIpc) is 2.52. The lowest BCUT2D eigenvalue weighted by Crippen LogP contribution is -2.37. The lowest BCUT2D eigenvalue weighted by atomic mass is 10.2. The van der Waals surface area contributed by atoms with Crippen LogP contribution < -0.4 is 5.32 Å². The number of hydrogen-bond acceptors (Lipinski definition) is 4. The van der Waals surface area contributed by atoms with Crippen LogP contribution in [-0.2, 0) is 14.3 Å². The number of rotatable bonds is 6. The number of para-hydroxylation sites is 1. The summed E-state index contributed by atoms with van der Waals surface area (Å²) in [5.41, 5.74) is 0.491. The maximum absolute atomic E-state index is 12.0. The molecule has 0 fully saturated rings. The topological polar surface area (TPSA) is 75.7 Å². The summed E-state index contributed by atoms with van der Waals surface area (Å²) in [6.45, 7) is 4.46. The molecule has 0 saturated heterocycles. The molecule has 6 nitrogen and oxygen atoms in total. The van der Waals surface area contributed by atoms with Crippen LogP contribution in [0.1, 0.15) is 37.0 Å². The van der Waals surface area contributed by atoms with Crippen molar-refractivity contribution in [3.05, 3.63) is 29.8 Å². The van der Waals surface area contributed by atoms with E-state index in [2.05, 4.69) is 5.32 Å². The molecule has 22 heavy (non-hydrogen) atoms. The number of nitrogens with zero attached hydrogens (tertiary/aromatic N) is 1. The van der Waals surface area contributed by atoms with E-state index in [1.807, 2.05) is 6.92 Å². The molecule has 0 unspecified atom stereocenters. The molecule has 0 aliphatic rings. The highest BCUT2D eigenvalue weighted by atomic mass is 16.5. The highest BCUT2D eigenvalue weighted by Gasteiger charge is 2.21. The molecule has 0 heterocycles. The van der Waals surface area contributed by atoms with E-state index >= 15 is 0 Å². The number of nitrogens with one attached hydrogen (secondary N) is 1. The number of ether oxygens (including phenoxy) is 1. The molecule has 0 atom stereocenters. The van der Waals surface area contributed by atoms with Crippen molar-refractivity contribution in [1.82, 2.24) is 4.90 Å². The minimum Gasteiger partial charge on any atom is -0.462 e. The fourth-order valence-electron chi connectivity index (χ4n) is 1.82. The highest BCUT2D eigenvalue weighted by Crippen LogP contribution is 2.16. The standard InChI is InChI=1S/C16H22N2O4/c1-4-6-11-18(3)15(20)14(19)17-13-10-8-7-9-12(13)16(21)22-5-2/h7-10H,4-6,11H2,1-3H3,(H,17,19). The molecule has 120 valence electrons. The van der Waals surface area contributed by atoms with Gasteiger partial charge in [-0.3, -0.25) is 9.59 Å². The molecular formula is C16H22N2O4. The van der Waals surface area contributed by atoms with Crippen molar-refractivity contribution in [2.75, 3.05) is 25.5 Å². The van der Waals surface area contributed by atoms with Gasteiger partial charge in [0, 0.05) is 13.6 Å². The monoisotopic (exact) mass is 306 g/mol. The van der Waals surface area contributed by atoms with E-state index in [4.69, 9.17) is 4.74 Å². The van der Waals surface area contributed by atoms with Gasteiger partial charge in [-0.25, -0.2) is 4.79 Å². The first kappa shape index (κ1) is 17.7. The predicted octanol–water partition coefficient (Wildman–Crippen LogP) is 2.06. The van der Waals surface area contributed by atoms with E-state index in [1.165, 1.54) is 4.90 Å². The van der Waals surface area contributed by atoms with Crippen LogP contribution in [0.4, 0.5) is 5.69 Å². The summed E-state index contributed by atoms with van der Waals surface area (Å²) in [5.74, 6) is -1.94. The molecule has 0 aromatic heterocycles. The molecule has 1 rings (SSSR count). The van der Waals surface area contributed by atoms with Gasteiger partial charge in [0.15, 0.2) is 0 Å². The zero-order valence-corrected chi connectivity index (χ0v) is 13.2. The van der Waals surface area contributed by atoms with Crippen LogP contribution in [-0.4, -0.2) is 42.9 Å². The molecule has 1 aromatic carbocycles. The van der Waals surface area contributed by atoms with Gasteiger partial charge in [0.25, 0.3) is 0 Å². The third-order valence-electron chi connectivity index (χ3n) is 3.06. The molecular weight excluding hydrogens is 284 g/mol. The van der Waals surface area contributed by atoms with Crippen LogP contribution in [0.2, 0.25) is 0 Å². The first-order valence-electron chi connectivity index (χ1n) is 7.33. The summed E-state index contributed by atoms with van der Waals surface area (Å²) in [7, 11) is 1.58. The van der Waals surface area contributed by atoms with Crippen LogP contribution in [0.25, 0.3) is 0 Å². The van der Waals surface area contributed by atoms with Gasteiger partial charge in [-0.05, 0) is 25.5 Å². The van der Waals surface area contributed by atoms with E-state index < -0.39 is 17.8 Å². The minimum absolute atomic E-state index is 0.224. The Morgan fingerprint density at radius 1 is 1.18 bits per heavy atom. The number of esters is 1. The third kappa shape index (κ3) is 4.87. The summed E-state index contributed by atoms with van der Waals surface area (Å²) in [4.78, 5) is 37.1. The van der Waals surface area contributed by atoms with Gasteiger partial charge >= 0.3 is 17.8 Å². The quantitative estimate of drug-likeness (QED) is 0.645. The van der Waals surface area contributed by atoms with Crippen molar-refractivity contribution in [3.8, 4) is 0 Å². The number of hydrogen-bond donors (Lipinski definition) is 1. The van der Waals surface area contributed by atoms with Crippen LogP contribution in [0.3, 0.4) is 0 Å². The summed E-state index contributed by atoms with van der Waals surface area (Å²) in [6, 6.07) is 6.43. The number of benzene rings is 1. The van der Waals surface area contributed by atoms with Gasteiger partial charge in [0.05, 0.1) is 17.9 Å². The maximum Gasteiger partial charge on any atom is 0.340 e. The molecule has 1 aromatic rings. The fourth-order valence-corrected chi connectivity index (χ4v) is 1.82. The number of carbonyl (C=O) groups excluding carboxylic acids is 3. The van der Waals surface area contributed by atoms with Gasteiger partial charge in [0.1, 0.15) is 0 Å². The van der Waals surface area contributed by atoms with Crippen molar-refractivity contribution < 1.29 is 19.1 Å². The first-order valence-corrected chi connectivity index (χ1v) is 7.33. The van der Waals surface area contributed by atoms with E-state index in [1.54, 1.807) is 38.2 Å². The highest BCUT2D eigenvalue weighted by molar-refractivity contribution is 6.39. The average molecular weight is 306 g/mol. The number of unbranched alkanes of at least 4 members (excludes halogenated alkanes) is 1. The smallest absolute Gasteiger partial charge is 0.340 e. The number of amides is 2. The van der Waals surface area contributed by atoms with E-state index in [9.17, 15) is 14.4 Å². The van der Waals surface area contributed by atoms with Crippen molar-refractivity contribution in [2.45, 2.75) is 26.7 Å². The Balaban J connectivity index is 2.80. The molecule has 0 bridgehead atoms. The van der Waals surface area contributed by atoms with Crippen molar-refractivity contribution >= 4 is 23.5 Å². The molecule has 0 radical (unpaired) electrons. The van der Waals surface area contributed by atoms with Gasteiger partial charge in [0.2, 0.25) is 0 Å². The number of anilines is 1. The predicted molar refractivity (Wildman–Crippen MR) is 83.6 cm³/mol. The normalized spacial score (nSPS) is 9.95. The lowest BCUT2D eigenvalue weighted by Gasteiger charge is -2.16. The van der Waals surface area contributed by atoms with E-state index in [-0.39, 0.29) is 17.9 Å². The fraction of sp³-hybridized carbons (Fsp3) is 0.438. The number of carbonyl (C=O) groups is 3. The molecule has 0 aliphatic carbocycles. The third-order valence-corrected chi connectivity index (χ3v) is 3.06. The van der Waals surface area contributed by atoms with E-state index in [0.29, 0.717) is 6.54 Å². The maximum atomic E-state index is 12.0. The lowest BCUT2D eigenvalue weighted by molar-refractivity contribution is -0.142. The molecule has 1 N–H and O–H groups in total. The minimum atomic E-state index is -0.768. The Bertz CT molecular complexity index is 543. The van der Waals surface area contributed by atoms with Gasteiger partial charge < -0.3 is 15.0 Å². The molecule has 6 heteroatoms. The summed E-state index contributed by atoms with van der Waals surface area (Å²) in [5, 5.41) is 2.48. The van der Waals surface area contributed by atoms with Gasteiger partial charge in [-0.2, -0.15) is 0 Å². The second kappa shape index (κ2) is 8.81. The van der Waals surface area contributed by atoms with Gasteiger partial charge in [-0.1, -0.05) is 25.5 Å². The molecule has 0 spiro atoms. The second-order valence-corrected chi connectivity index (χ2v) is 4.80. The Kier molecular flexibility index (Phi) is 7.08. The first-order chi connectivity index (χ1) is 10.5. The van der Waals surface area contributed by atoms with Crippen LogP contribution in [0.5, 0.6) is 0 Å². The SMILES string of the molecule is CCCCN(C)C(=O)C(=O)Nc1ccccc1C(=O)OCC. The van der Waals surface area contributed by atoms with Crippen LogP contribution in [0.15, 0.2) is 24.3 Å². The second-order valence-electron chi connectivity index (χ2n) is 4.80. The molecule has 2 amide bonds. The van der Waals surface area contributed by atoms with Crippen molar-refractivity contribution in [1.29, 1.82) is 0 Å². The summed E-state index contributed by atoms with van der Waals surface area (Å²) >= 11 is 0. The van der Waals surface area contributed by atoms with E-state index in [0.717, 1.165) is 12.8 Å². The largest absolute Gasteiger partial charge is 0.462 e. The Labute approximate surface area is 130 Å². The zero-order chi connectivity index (χ0) is 16.5. The van der Waals surface area contributed by atoms with Crippen LogP contribution in [0, 0.1) is 0 Å². The van der Waals surface area contributed by atoms with Crippen molar-refractivity contribution in [2.24, 2.45) is 0 Å². The zero-order valence-electron chi connectivity index (χ0n) is 13.2. The Morgan fingerprint density at radius 3 is 2.50 bits per heavy atom. The molecule has 0 aliphatic heterocycles. The summed E-state index contributed by atoms with van der Waals surface area (Å²) < 4.78 is 4.93. The summed E-state index contributed by atoms with van der Waals surface area (Å²) in [6.07, 6.45) is 1.76. The molecule has 0 saturated carbocycles.